The number of hydrogen-bond acceptors (Lipinski definition) is 5. The molecule has 1 aromatic rings. The number of carbonyl (C=O) groups excluding carboxylic acids is 1. The molecule has 112 valence electrons. The summed E-state index contributed by atoms with van der Waals surface area (Å²) in [6.07, 6.45) is 3.05. The Bertz CT molecular complexity index is 425. The summed E-state index contributed by atoms with van der Waals surface area (Å²) >= 11 is 0. The van der Waals surface area contributed by atoms with Gasteiger partial charge in [-0.2, -0.15) is 0 Å². The molecule has 0 aliphatic rings. The molecule has 0 saturated heterocycles. The lowest BCUT2D eigenvalue weighted by molar-refractivity contribution is 0.0934. The highest BCUT2D eigenvalue weighted by Gasteiger charge is 2.14. The molecule has 2 N–H and O–H groups in total. The van der Waals surface area contributed by atoms with Crippen LogP contribution in [0.1, 0.15) is 38.2 Å². The second-order valence-corrected chi connectivity index (χ2v) is 5.22. The van der Waals surface area contributed by atoms with Crippen molar-refractivity contribution in [2.24, 2.45) is 0 Å². The van der Waals surface area contributed by atoms with Gasteiger partial charge in [-0.15, -0.1) is 0 Å². The summed E-state index contributed by atoms with van der Waals surface area (Å²) < 4.78 is 0. The van der Waals surface area contributed by atoms with Crippen molar-refractivity contribution in [3.63, 3.8) is 0 Å². The van der Waals surface area contributed by atoms with Gasteiger partial charge in [0.1, 0.15) is 11.5 Å². The molecule has 0 aliphatic heterocycles. The summed E-state index contributed by atoms with van der Waals surface area (Å²) in [5.41, 5.74) is 0.331. The fraction of sp³-hybridized carbons (Fsp3) is 0.643. The molecular weight excluding hydrogens is 254 g/mol. The van der Waals surface area contributed by atoms with Crippen LogP contribution in [-0.4, -0.2) is 53.0 Å². The van der Waals surface area contributed by atoms with Gasteiger partial charge in [0.25, 0.3) is 5.91 Å². The molecule has 0 unspecified atom stereocenters. The maximum atomic E-state index is 12.0. The van der Waals surface area contributed by atoms with Gasteiger partial charge in [-0.05, 0) is 27.7 Å². The molecule has 0 spiro atoms. The van der Waals surface area contributed by atoms with Crippen LogP contribution in [0.5, 0.6) is 0 Å². The molecule has 0 bridgehead atoms. The fourth-order valence-corrected chi connectivity index (χ4v) is 2.10. The van der Waals surface area contributed by atoms with Crippen LogP contribution < -0.4 is 10.6 Å². The van der Waals surface area contributed by atoms with E-state index in [2.05, 4.69) is 53.2 Å². The first-order chi connectivity index (χ1) is 9.45. The highest BCUT2D eigenvalue weighted by Crippen LogP contribution is 2.04. The van der Waals surface area contributed by atoms with E-state index in [-0.39, 0.29) is 5.91 Å². The SMILES string of the molecule is CNc1cncc(C(=O)NCCN(C(C)C)C(C)C)n1. The first-order valence-corrected chi connectivity index (χ1v) is 6.99. The van der Waals surface area contributed by atoms with Crippen molar-refractivity contribution in [2.75, 3.05) is 25.5 Å². The number of aromatic nitrogens is 2. The van der Waals surface area contributed by atoms with E-state index in [9.17, 15) is 4.79 Å². The average molecular weight is 279 g/mol. The molecule has 0 aliphatic carbocycles. The molecule has 0 radical (unpaired) electrons. The molecule has 0 saturated carbocycles. The van der Waals surface area contributed by atoms with Crippen LogP contribution in [0.15, 0.2) is 12.4 Å². The Hall–Kier alpha value is -1.69. The zero-order valence-electron chi connectivity index (χ0n) is 13.0. The third-order valence-electron chi connectivity index (χ3n) is 3.11. The van der Waals surface area contributed by atoms with E-state index in [0.717, 1.165) is 6.54 Å². The maximum absolute atomic E-state index is 12.0. The zero-order valence-corrected chi connectivity index (χ0v) is 13.0. The van der Waals surface area contributed by atoms with Crippen LogP contribution in [0.2, 0.25) is 0 Å². The van der Waals surface area contributed by atoms with E-state index < -0.39 is 0 Å². The largest absolute Gasteiger partial charge is 0.372 e. The summed E-state index contributed by atoms with van der Waals surface area (Å²) in [6, 6.07) is 0.915. The molecule has 1 rings (SSSR count). The van der Waals surface area contributed by atoms with E-state index >= 15 is 0 Å². The van der Waals surface area contributed by atoms with Crippen molar-refractivity contribution < 1.29 is 4.79 Å². The topological polar surface area (TPSA) is 70.2 Å². The third kappa shape index (κ3) is 4.77. The highest BCUT2D eigenvalue weighted by molar-refractivity contribution is 5.92. The molecule has 6 nitrogen and oxygen atoms in total. The number of carbonyl (C=O) groups is 1. The normalized spacial score (nSPS) is 11.2. The van der Waals surface area contributed by atoms with Crippen LogP contribution in [-0.2, 0) is 0 Å². The van der Waals surface area contributed by atoms with Gasteiger partial charge in [0, 0.05) is 32.2 Å². The summed E-state index contributed by atoms with van der Waals surface area (Å²) in [5, 5.41) is 5.74. The minimum atomic E-state index is -0.193. The van der Waals surface area contributed by atoms with Crippen LogP contribution in [0.25, 0.3) is 0 Å². The number of hydrogen-bond donors (Lipinski definition) is 2. The van der Waals surface area contributed by atoms with Crippen molar-refractivity contribution >= 4 is 11.7 Å². The molecule has 1 heterocycles. The van der Waals surface area contributed by atoms with Crippen LogP contribution in [0.3, 0.4) is 0 Å². The predicted molar refractivity (Wildman–Crippen MR) is 80.9 cm³/mol. The van der Waals surface area contributed by atoms with Gasteiger partial charge in [0.05, 0.1) is 12.4 Å². The summed E-state index contributed by atoms with van der Waals surface area (Å²) in [5.74, 6) is 0.394. The van der Waals surface area contributed by atoms with Crippen LogP contribution >= 0.6 is 0 Å². The van der Waals surface area contributed by atoms with Gasteiger partial charge in [-0.1, -0.05) is 0 Å². The van der Waals surface area contributed by atoms with Crippen LogP contribution in [0, 0.1) is 0 Å². The van der Waals surface area contributed by atoms with E-state index in [1.165, 1.54) is 6.20 Å². The van der Waals surface area contributed by atoms with Crippen molar-refractivity contribution in [1.82, 2.24) is 20.2 Å². The molecule has 6 heteroatoms. The van der Waals surface area contributed by atoms with Crippen molar-refractivity contribution in [2.45, 2.75) is 39.8 Å². The Balaban J connectivity index is 2.50. The summed E-state index contributed by atoms with van der Waals surface area (Å²) in [4.78, 5) is 22.4. The minimum Gasteiger partial charge on any atom is -0.372 e. The van der Waals surface area contributed by atoms with E-state index in [1.54, 1.807) is 13.2 Å². The van der Waals surface area contributed by atoms with Crippen molar-refractivity contribution in [1.29, 1.82) is 0 Å². The number of amides is 1. The Labute approximate surface area is 121 Å². The zero-order chi connectivity index (χ0) is 15.1. The number of nitrogens with zero attached hydrogens (tertiary/aromatic N) is 3. The van der Waals surface area contributed by atoms with Crippen molar-refractivity contribution in [3.05, 3.63) is 18.1 Å². The minimum absolute atomic E-state index is 0.193. The van der Waals surface area contributed by atoms with E-state index in [4.69, 9.17) is 0 Å². The van der Waals surface area contributed by atoms with E-state index in [1.807, 2.05) is 0 Å². The van der Waals surface area contributed by atoms with Crippen molar-refractivity contribution in [3.8, 4) is 0 Å². The smallest absolute Gasteiger partial charge is 0.271 e. The molecule has 1 aromatic heterocycles. The van der Waals surface area contributed by atoms with Crippen LogP contribution in [0.4, 0.5) is 5.82 Å². The van der Waals surface area contributed by atoms with Gasteiger partial charge in [-0.3, -0.25) is 14.7 Å². The first-order valence-electron chi connectivity index (χ1n) is 6.99. The number of nitrogens with one attached hydrogen (secondary N) is 2. The third-order valence-corrected chi connectivity index (χ3v) is 3.11. The van der Waals surface area contributed by atoms with Gasteiger partial charge in [0.2, 0.25) is 0 Å². The molecule has 0 atom stereocenters. The maximum Gasteiger partial charge on any atom is 0.271 e. The molecule has 20 heavy (non-hydrogen) atoms. The molecular formula is C14H25N5O. The Morgan fingerprint density at radius 2 is 1.90 bits per heavy atom. The molecule has 1 amide bonds. The fourth-order valence-electron chi connectivity index (χ4n) is 2.10. The lowest BCUT2D eigenvalue weighted by Gasteiger charge is -2.30. The number of rotatable bonds is 7. The Kier molecular flexibility index (Phi) is 6.38. The van der Waals surface area contributed by atoms with E-state index in [0.29, 0.717) is 30.1 Å². The van der Waals surface area contributed by atoms with Gasteiger partial charge >= 0.3 is 0 Å². The number of anilines is 1. The lowest BCUT2D eigenvalue weighted by atomic mass is 10.2. The second-order valence-electron chi connectivity index (χ2n) is 5.22. The predicted octanol–water partition coefficient (Wildman–Crippen LogP) is 1.37. The monoisotopic (exact) mass is 279 g/mol. The molecule has 0 fully saturated rings. The first kappa shape index (κ1) is 16.4. The highest BCUT2D eigenvalue weighted by atomic mass is 16.1. The average Bonchev–Trinajstić information content (AvgIpc) is 2.42. The van der Waals surface area contributed by atoms with Gasteiger partial charge < -0.3 is 10.6 Å². The standard InChI is InChI=1S/C14H25N5O/c1-10(2)19(11(3)4)7-6-17-14(20)12-8-16-9-13(15-5)18-12/h8-11H,6-7H2,1-5H3,(H,15,18)(H,17,20). The van der Waals surface area contributed by atoms with Gasteiger partial charge in [0.15, 0.2) is 0 Å². The quantitative estimate of drug-likeness (QED) is 0.789. The summed E-state index contributed by atoms with van der Waals surface area (Å²) in [7, 11) is 1.74. The van der Waals surface area contributed by atoms with Gasteiger partial charge in [-0.25, -0.2) is 4.98 Å². The Morgan fingerprint density at radius 1 is 1.25 bits per heavy atom. The Morgan fingerprint density at radius 3 is 2.45 bits per heavy atom. The summed E-state index contributed by atoms with van der Waals surface area (Å²) in [6.45, 7) is 10.0. The molecule has 0 aromatic carbocycles. The lowest BCUT2D eigenvalue weighted by Crippen LogP contribution is -2.42. The second kappa shape index (κ2) is 7.79.